The largest absolute Gasteiger partial charge is 0.375 e. The minimum atomic E-state index is -0.840. The van der Waals surface area contributed by atoms with E-state index in [9.17, 15) is 9.18 Å². The normalized spacial score (nSPS) is 10.8. The van der Waals surface area contributed by atoms with Crippen molar-refractivity contribution in [2.24, 2.45) is 0 Å². The fourth-order valence-corrected chi connectivity index (χ4v) is 1.59. The Morgan fingerprint density at radius 3 is 3.17 bits per heavy atom. The van der Waals surface area contributed by atoms with E-state index in [0.29, 0.717) is 15.5 Å². The number of aromatic nitrogens is 2. The lowest BCUT2D eigenvalue weighted by Crippen LogP contribution is -2.08. The minimum absolute atomic E-state index is 0.311. The second kappa shape index (κ2) is 2.28. The van der Waals surface area contributed by atoms with Crippen LogP contribution in [-0.2, 0) is 0 Å². The molecular weight excluding hydrogens is 181 g/mol. The standard InChI is InChI=1S/C6H4FN3OS/c7-2-1-3-5(10-4(2)11)12-6(8)9-3/h1H,(H2,8,9)(H,10,11). The van der Waals surface area contributed by atoms with Crippen molar-refractivity contribution in [1.82, 2.24) is 9.97 Å². The molecule has 0 unspecified atom stereocenters. The van der Waals surface area contributed by atoms with Gasteiger partial charge in [-0.25, -0.2) is 9.37 Å². The molecule has 0 atom stereocenters. The molecule has 2 heterocycles. The maximum atomic E-state index is 12.6. The summed E-state index contributed by atoms with van der Waals surface area (Å²) in [6, 6.07) is 1.07. The molecule has 0 aromatic carbocycles. The zero-order valence-corrected chi connectivity index (χ0v) is 6.61. The predicted octanol–water partition coefficient (Wildman–Crippen LogP) is 0.706. The highest BCUT2D eigenvalue weighted by molar-refractivity contribution is 7.21. The lowest BCUT2D eigenvalue weighted by atomic mass is 10.4. The number of aromatic amines is 1. The third kappa shape index (κ3) is 0.964. The molecule has 12 heavy (non-hydrogen) atoms. The lowest BCUT2D eigenvalue weighted by Gasteiger charge is -1.86. The quantitative estimate of drug-likeness (QED) is 0.634. The van der Waals surface area contributed by atoms with Gasteiger partial charge >= 0.3 is 0 Å². The topological polar surface area (TPSA) is 71.8 Å². The molecule has 0 aliphatic carbocycles. The molecular formula is C6H4FN3OS. The summed E-state index contributed by atoms with van der Waals surface area (Å²) in [6.07, 6.45) is 0. The molecule has 4 nitrogen and oxygen atoms in total. The third-order valence-electron chi connectivity index (χ3n) is 1.38. The molecule has 0 spiro atoms. The summed E-state index contributed by atoms with van der Waals surface area (Å²) >= 11 is 1.12. The number of fused-ring (bicyclic) bond motifs is 1. The van der Waals surface area contributed by atoms with Gasteiger partial charge in [-0.1, -0.05) is 11.3 Å². The van der Waals surface area contributed by atoms with Crippen LogP contribution in [0.4, 0.5) is 9.52 Å². The van der Waals surface area contributed by atoms with Gasteiger partial charge in [0.1, 0.15) is 10.3 Å². The Labute approximate surface area is 69.9 Å². The monoisotopic (exact) mass is 185 g/mol. The number of nitrogens with one attached hydrogen (secondary N) is 1. The van der Waals surface area contributed by atoms with Crippen molar-refractivity contribution in [3.8, 4) is 0 Å². The van der Waals surface area contributed by atoms with E-state index >= 15 is 0 Å². The van der Waals surface area contributed by atoms with Gasteiger partial charge in [-0.15, -0.1) is 0 Å². The molecule has 0 aliphatic heterocycles. The van der Waals surface area contributed by atoms with Crippen LogP contribution in [0.1, 0.15) is 0 Å². The third-order valence-corrected chi connectivity index (χ3v) is 2.19. The van der Waals surface area contributed by atoms with Gasteiger partial charge in [0.25, 0.3) is 5.56 Å². The van der Waals surface area contributed by atoms with Crippen LogP contribution >= 0.6 is 11.3 Å². The lowest BCUT2D eigenvalue weighted by molar-refractivity contribution is 0.612. The predicted molar refractivity (Wildman–Crippen MR) is 44.6 cm³/mol. The Morgan fingerprint density at radius 1 is 1.67 bits per heavy atom. The number of thiazole rings is 1. The van der Waals surface area contributed by atoms with Crippen LogP contribution < -0.4 is 11.3 Å². The van der Waals surface area contributed by atoms with Gasteiger partial charge in [0, 0.05) is 6.07 Å². The molecule has 0 amide bonds. The van der Waals surface area contributed by atoms with E-state index in [1.807, 2.05) is 0 Å². The molecule has 62 valence electrons. The molecule has 0 fully saturated rings. The summed E-state index contributed by atoms with van der Waals surface area (Å²) in [6.45, 7) is 0. The van der Waals surface area contributed by atoms with Gasteiger partial charge in [0.2, 0.25) is 0 Å². The summed E-state index contributed by atoms with van der Waals surface area (Å²) in [7, 11) is 0. The molecule has 6 heteroatoms. The average molecular weight is 185 g/mol. The first-order valence-corrected chi connectivity index (χ1v) is 3.93. The molecule has 0 bridgehead atoms. The first-order valence-electron chi connectivity index (χ1n) is 3.11. The number of hydrogen-bond acceptors (Lipinski definition) is 4. The van der Waals surface area contributed by atoms with Crippen molar-refractivity contribution in [2.75, 3.05) is 5.73 Å². The fraction of sp³-hybridized carbons (Fsp3) is 0. The number of H-pyrrole nitrogens is 1. The Bertz CT molecular complexity index is 489. The van der Waals surface area contributed by atoms with Gasteiger partial charge in [0.15, 0.2) is 10.9 Å². The molecule has 0 radical (unpaired) electrons. The van der Waals surface area contributed by atoms with E-state index in [0.717, 1.165) is 17.4 Å². The number of nitrogens with two attached hydrogens (primary N) is 1. The maximum absolute atomic E-state index is 12.6. The second-order valence-corrected chi connectivity index (χ2v) is 3.24. The highest BCUT2D eigenvalue weighted by Crippen LogP contribution is 2.19. The SMILES string of the molecule is Nc1nc2cc(F)c(=O)[nH]c2s1. The molecule has 3 N–H and O–H groups in total. The number of nitrogens with zero attached hydrogens (tertiary/aromatic N) is 1. The van der Waals surface area contributed by atoms with E-state index in [1.165, 1.54) is 0 Å². The van der Waals surface area contributed by atoms with Crippen LogP contribution in [0.3, 0.4) is 0 Å². The van der Waals surface area contributed by atoms with Crippen molar-refractivity contribution in [3.05, 3.63) is 22.2 Å². The van der Waals surface area contributed by atoms with Gasteiger partial charge < -0.3 is 10.7 Å². The number of rotatable bonds is 0. The van der Waals surface area contributed by atoms with Gasteiger partial charge in [-0.2, -0.15) is 0 Å². The van der Waals surface area contributed by atoms with Crippen molar-refractivity contribution in [3.63, 3.8) is 0 Å². The zero-order chi connectivity index (χ0) is 8.72. The number of halogens is 1. The van der Waals surface area contributed by atoms with E-state index in [-0.39, 0.29) is 0 Å². The number of pyridine rings is 1. The van der Waals surface area contributed by atoms with Gasteiger partial charge in [-0.3, -0.25) is 4.79 Å². The van der Waals surface area contributed by atoms with Gasteiger partial charge in [-0.05, 0) is 0 Å². The highest BCUT2D eigenvalue weighted by Gasteiger charge is 2.05. The first kappa shape index (κ1) is 7.23. The van der Waals surface area contributed by atoms with Crippen molar-refractivity contribution >= 4 is 26.8 Å². The molecule has 2 rings (SSSR count). The molecule has 2 aromatic rings. The molecule has 0 saturated heterocycles. The second-order valence-electron chi connectivity index (χ2n) is 2.21. The van der Waals surface area contributed by atoms with E-state index in [2.05, 4.69) is 9.97 Å². The zero-order valence-electron chi connectivity index (χ0n) is 5.80. The van der Waals surface area contributed by atoms with Crippen molar-refractivity contribution in [2.45, 2.75) is 0 Å². The van der Waals surface area contributed by atoms with Crippen LogP contribution in [0.2, 0.25) is 0 Å². The van der Waals surface area contributed by atoms with Crippen LogP contribution in [0, 0.1) is 5.82 Å². The average Bonchev–Trinajstić information content (AvgIpc) is 2.30. The maximum Gasteiger partial charge on any atom is 0.285 e. The minimum Gasteiger partial charge on any atom is -0.375 e. The Hall–Kier alpha value is -1.43. The van der Waals surface area contributed by atoms with Crippen LogP contribution in [0.5, 0.6) is 0 Å². The Morgan fingerprint density at radius 2 is 2.42 bits per heavy atom. The van der Waals surface area contributed by atoms with E-state index in [4.69, 9.17) is 5.73 Å². The number of hydrogen-bond donors (Lipinski definition) is 2. The Kier molecular flexibility index (Phi) is 1.37. The molecule has 2 aromatic heterocycles. The van der Waals surface area contributed by atoms with Crippen molar-refractivity contribution < 1.29 is 4.39 Å². The van der Waals surface area contributed by atoms with Crippen LogP contribution in [0.25, 0.3) is 10.3 Å². The summed E-state index contributed by atoms with van der Waals surface area (Å²) in [5.41, 5.74) is 4.99. The smallest absolute Gasteiger partial charge is 0.285 e. The number of nitrogen functional groups attached to an aromatic ring is 1. The summed E-state index contributed by atoms with van der Waals surface area (Å²) in [5.74, 6) is -0.840. The fourth-order valence-electron chi connectivity index (χ4n) is 0.885. The van der Waals surface area contributed by atoms with E-state index in [1.54, 1.807) is 0 Å². The Balaban J connectivity index is 2.92. The summed E-state index contributed by atoms with van der Waals surface area (Å²) in [4.78, 5) is 17.4. The van der Waals surface area contributed by atoms with Crippen LogP contribution in [-0.4, -0.2) is 9.97 Å². The molecule has 0 aliphatic rings. The van der Waals surface area contributed by atoms with Gasteiger partial charge in [0.05, 0.1) is 0 Å². The van der Waals surface area contributed by atoms with E-state index < -0.39 is 11.4 Å². The van der Waals surface area contributed by atoms with Crippen LogP contribution in [0.15, 0.2) is 10.9 Å². The molecule has 0 saturated carbocycles. The number of anilines is 1. The van der Waals surface area contributed by atoms with Crippen molar-refractivity contribution in [1.29, 1.82) is 0 Å². The first-order chi connectivity index (χ1) is 5.66. The summed E-state index contributed by atoms with van der Waals surface area (Å²) in [5, 5.41) is 0.311. The highest BCUT2D eigenvalue weighted by atomic mass is 32.1. The summed E-state index contributed by atoms with van der Waals surface area (Å²) < 4.78 is 12.6.